The standard InChI is InChI=1S/C61H104NO8P/c1-6-8-10-12-14-16-18-20-22-24-26-27-28-29-30-31-32-33-34-35-36-38-40-42-44-46-48-50-52-54-61(64)70-59(58-69-71(65,66)68-56-55-62(3,4)5)57-67-60(63)53-51-49-47-45-43-41-39-37-25-23-21-19-17-15-13-11-9-7-2/h8,10,14,16-17,19-20,22-23,25-27,29-30,32-33,35-36,59H,6-7,9,11-13,15,18,21,24,28,31,34,37-58H2,1-5H3/p+1/b10-8-,16-14-,19-17-,22-20-,25-23-,27-26-,30-29-,33-32-,36-35-. The zero-order chi connectivity index (χ0) is 52.0. The van der Waals surface area contributed by atoms with E-state index in [1.807, 2.05) is 21.1 Å². The van der Waals surface area contributed by atoms with Gasteiger partial charge in [-0.3, -0.25) is 18.6 Å². The Kier molecular flexibility index (Phi) is 49.1. The minimum atomic E-state index is -4.40. The van der Waals surface area contributed by atoms with E-state index in [0.717, 1.165) is 109 Å². The zero-order valence-corrected chi connectivity index (χ0v) is 46.8. The predicted octanol–water partition coefficient (Wildman–Crippen LogP) is 17.4. The summed E-state index contributed by atoms with van der Waals surface area (Å²) >= 11 is 0. The number of hydrogen-bond acceptors (Lipinski definition) is 7. The van der Waals surface area contributed by atoms with Crippen LogP contribution < -0.4 is 0 Å². The molecular weight excluding hydrogens is 906 g/mol. The van der Waals surface area contributed by atoms with Crippen LogP contribution in [0.2, 0.25) is 0 Å². The molecule has 2 unspecified atom stereocenters. The Morgan fingerprint density at radius 3 is 1.20 bits per heavy atom. The highest BCUT2D eigenvalue weighted by molar-refractivity contribution is 7.47. The Labute approximate surface area is 436 Å². The van der Waals surface area contributed by atoms with E-state index in [0.29, 0.717) is 17.4 Å². The van der Waals surface area contributed by atoms with Gasteiger partial charge in [0.15, 0.2) is 6.10 Å². The molecule has 0 aliphatic heterocycles. The highest BCUT2D eigenvalue weighted by atomic mass is 31.2. The number of phosphoric acid groups is 1. The summed E-state index contributed by atoms with van der Waals surface area (Å²) in [6.45, 7) is 4.27. The van der Waals surface area contributed by atoms with Crippen LogP contribution in [0.25, 0.3) is 0 Å². The minimum Gasteiger partial charge on any atom is -0.462 e. The second-order valence-electron chi connectivity index (χ2n) is 19.6. The number of phosphoric ester groups is 1. The fourth-order valence-electron chi connectivity index (χ4n) is 7.20. The largest absolute Gasteiger partial charge is 0.472 e. The van der Waals surface area contributed by atoms with Crippen LogP contribution in [-0.4, -0.2) is 74.9 Å². The lowest BCUT2D eigenvalue weighted by Gasteiger charge is -2.24. The molecule has 0 aromatic heterocycles. The van der Waals surface area contributed by atoms with Crippen LogP contribution in [0.3, 0.4) is 0 Å². The van der Waals surface area contributed by atoms with Crippen LogP contribution in [0, 0.1) is 0 Å². The van der Waals surface area contributed by atoms with Gasteiger partial charge in [0.1, 0.15) is 19.8 Å². The molecule has 0 radical (unpaired) electrons. The van der Waals surface area contributed by atoms with Crippen LogP contribution in [0.15, 0.2) is 109 Å². The van der Waals surface area contributed by atoms with Gasteiger partial charge in [0.2, 0.25) is 0 Å². The van der Waals surface area contributed by atoms with E-state index < -0.39 is 26.5 Å². The van der Waals surface area contributed by atoms with E-state index in [-0.39, 0.29) is 32.0 Å². The van der Waals surface area contributed by atoms with Crippen molar-refractivity contribution in [2.24, 2.45) is 0 Å². The fourth-order valence-corrected chi connectivity index (χ4v) is 7.94. The number of unbranched alkanes of at least 4 members (excludes halogenated alkanes) is 18. The summed E-state index contributed by atoms with van der Waals surface area (Å²) in [7, 11) is 1.45. The number of likely N-dealkylation sites (N-methyl/N-ethyl adjacent to an activating group) is 1. The maximum atomic E-state index is 12.8. The molecule has 0 aliphatic carbocycles. The molecule has 0 fully saturated rings. The van der Waals surface area contributed by atoms with E-state index in [1.165, 1.54) is 70.6 Å². The van der Waals surface area contributed by atoms with E-state index in [2.05, 4.69) is 123 Å². The first kappa shape index (κ1) is 67.7. The van der Waals surface area contributed by atoms with E-state index in [4.69, 9.17) is 18.5 Å². The molecule has 406 valence electrons. The number of carbonyl (C=O) groups is 2. The van der Waals surface area contributed by atoms with Crippen molar-refractivity contribution in [3.8, 4) is 0 Å². The topological polar surface area (TPSA) is 108 Å². The molecular formula is C61H105NO8P+. The Bertz CT molecular complexity index is 1570. The molecule has 0 bridgehead atoms. The first-order valence-corrected chi connectivity index (χ1v) is 29.6. The minimum absolute atomic E-state index is 0.0221. The summed E-state index contributed by atoms with van der Waals surface area (Å²) in [6.07, 6.45) is 71.4. The third kappa shape index (κ3) is 55.8. The van der Waals surface area contributed by atoms with Crippen molar-refractivity contribution >= 4 is 19.8 Å². The molecule has 0 saturated heterocycles. The van der Waals surface area contributed by atoms with E-state index >= 15 is 0 Å². The Balaban J connectivity index is 4.26. The van der Waals surface area contributed by atoms with Crippen LogP contribution in [0.1, 0.15) is 213 Å². The first-order chi connectivity index (χ1) is 34.5. The summed E-state index contributed by atoms with van der Waals surface area (Å²) in [4.78, 5) is 35.6. The highest BCUT2D eigenvalue weighted by Crippen LogP contribution is 2.43. The number of esters is 2. The molecule has 0 aromatic rings. The van der Waals surface area contributed by atoms with Crippen molar-refractivity contribution in [3.63, 3.8) is 0 Å². The lowest BCUT2D eigenvalue weighted by atomic mass is 10.1. The normalized spacial score (nSPS) is 14.2. The average Bonchev–Trinajstić information content (AvgIpc) is 3.33. The molecule has 0 spiro atoms. The predicted molar refractivity (Wildman–Crippen MR) is 302 cm³/mol. The molecule has 0 rings (SSSR count). The number of quaternary nitrogens is 1. The van der Waals surface area contributed by atoms with E-state index in [1.54, 1.807) is 0 Å². The summed E-state index contributed by atoms with van der Waals surface area (Å²) in [5.41, 5.74) is 0. The van der Waals surface area contributed by atoms with Crippen LogP contribution >= 0.6 is 7.82 Å². The maximum Gasteiger partial charge on any atom is 0.472 e. The molecule has 0 amide bonds. The second-order valence-corrected chi connectivity index (χ2v) is 21.0. The van der Waals surface area contributed by atoms with Gasteiger partial charge in [0.05, 0.1) is 27.7 Å². The van der Waals surface area contributed by atoms with Crippen molar-refractivity contribution in [1.29, 1.82) is 0 Å². The van der Waals surface area contributed by atoms with Gasteiger partial charge in [-0.1, -0.05) is 207 Å². The Morgan fingerprint density at radius 1 is 0.451 bits per heavy atom. The second kappa shape index (κ2) is 51.6. The van der Waals surface area contributed by atoms with Gasteiger partial charge in [-0.25, -0.2) is 4.57 Å². The van der Waals surface area contributed by atoms with Crippen molar-refractivity contribution in [3.05, 3.63) is 109 Å². The van der Waals surface area contributed by atoms with Crippen LogP contribution in [-0.2, 0) is 32.7 Å². The number of hydrogen-bond donors (Lipinski definition) is 1. The number of nitrogens with zero attached hydrogens (tertiary/aromatic N) is 1. The number of allylic oxidation sites excluding steroid dienone is 18. The number of rotatable bonds is 50. The Hall–Kier alpha value is -3.33. The van der Waals surface area contributed by atoms with Crippen LogP contribution in [0.4, 0.5) is 0 Å². The van der Waals surface area contributed by atoms with Gasteiger partial charge in [-0.2, -0.15) is 0 Å². The Morgan fingerprint density at radius 2 is 0.803 bits per heavy atom. The van der Waals surface area contributed by atoms with Gasteiger partial charge in [-0.15, -0.1) is 0 Å². The maximum absolute atomic E-state index is 12.8. The molecule has 2 atom stereocenters. The van der Waals surface area contributed by atoms with Crippen molar-refractivity contribution in [2.45, 2.75) is 219 Å². The van der Waals surface area contributed by atoms with Gasteiger partial charge in [0, 0.05) is 12.8 Å². The quantitative estimate of drug-likeness (QED) is 0.0211. The number of ether oxygens (including phenoxy) is 2. The smallest absolute Gasteiger partial charge is 0.462 e. The highest BCUT2D eigenvalue weighted by Gasteiger charge is 2.27. The molecule has 10 heteroatoms. The lowest BCUT2D eigenvalue weighted by Crippen LogP contribution is -2.37. The van der Waals surface area contributed by atoms with Gasteiger partial charge >= 0.3 is 19.8 Å². The van der Waals surface area contributed by atoms with Gasteiger partial charge in [0.25, 0.3) is 0 Å². The molecule has 1 N–H and O–H groups in total. The summed E-state index contributed by atoms with van der Waals surface area (Å²) < 4.78 is 34.5. The molecule has 71 heavy (non-hydrogen) atoms. The molecule has 9 nitrogen and oxygen atoms in total. The summed E-state index contributed by atoms with van der Waals surface area (Å²) in [5.74, 6) is -0.826. The summed E-state index contributed by atoms with van der Waals surface area (Å²) in [5, 5.41) is 0. The first-order valence-electron chi connectivity index (χ1n) is 28.1. The van der Waals surface area contributed by atoms with Crippen LogP contribution in [0.5, 0.6) is 0 Å². The van der Waals surface area contributed by atoms with Crippen molar-refractivity contribution in [1.82, 2.24) is 0 Å². The zero-order valence-electron chi connectivity index (χ0n) is 45.9. The molecule has 0 heterocycles. The average molecular weight is 1010 g/mol. The lowest BCUT2D eigenvalue weighted by molar-refractivity contribution is -0.870. The van der Waals surface area contributed by atoms with Crippen molar-refractivity contribution in [2.75, 3.05) is 47.5 Å². The molecule has 0 saturated carbocycles. The summed E-state index contributed by atoms with van der Waals surface area (Å²) in [6, 6.07) is 0. The van der Waals surface area contributed by atoms with Gasteiger partial charge < -0.3 is 18.9 Å². The monoisotopic (exact) mass is 1010 g/mol. The third-order valence-corrected chi connectivity index (χ3v) is 12.5. The SMILES string of the molecule is CC/C=C\C/C=C\C/C=C\C/C=C\C/C=C\C/C=C\C/C=C\CCCCCCCCCC(=O)OC(COC(=O)CCCCCCCCC/C=C\C/C=C\CCCCCC)COP(=O)(O)OCC[N+](C)(C)C. The fraction of sp³-hybridized carbons (Fsp3) is 0.672. The van der Waals surface area contributed by atoms with E-state index in [9.17, 15) is 19.0 Å². The molecule has 0 aliphatic rings. The number of carbonyl (C=O) groups excluding carboxylic acids is 2. The third-order valence-electron chi connectivity index (χ3n) is 11.5. The van der Waals surface area contributed by atoms with Crippen molar-refractivity contribution < 1.29 is 42.1 Å². The van der Waals surface area contributed by atoms with Gasteiger partial charge in [-0.05, 0) is 103 Å². The molecule has 0 aromatic carbocycles.